The molecule has 0 aliphatic rings. The molecule has 0 aliphatic carbocycles. The molecule has 72 valence electrons. The Morgan fingerprint density at radius 1 is 1.00 bits per heavy atom. The maximum Gasteiger partial charge on any atom is 0.387 e. The maximum atomic E-state index is 11.9. The van der Waals surface area contributed by atoms with Gasteiger partial charge in [-0.15, -0.1) is 0 Å². The Morgan fingerprint density at radius 2 is 1.54 bits per heavy atom. The van der Waals surface area contributed by atoms with E-state index in [1.807, 2.05) is 0 Å². The molecule has 13 heavy (non-hydrogen) atoms. The van der Waals surface area contributed by atoms with E-state index in [0.717, 1.165) is 4.47 Å². The number of hydrogen-bond donors (Lipinski definition) is 0. The zero-order valence-corrected chi connectivity index (χ0v) is 10.8. The van der Waals surface area contributed by atoms with E-state index in [1.165, 1.54) is 6.07 Å². The molecule has 0 fully saturated rings. The van der Waals surface area contributed by atoms with Crippen LogP contribution in [0.4, 0.5) is 8.78 Å². The van der Waals surface area contributed by atoms with Crippen molar-refractivity contribution in [1.82, 2.24) is 0 Å². The van der Waals surface area contributed by atoms with Gasteiger partial charge in [0.1, 0.15) is 5.75 Å². The van der Waals surface area contributed by atoms with E-state index >= 15 is 0 Å². The molecule has 0 saturated carbocycles. The zero-order valence-electron chi connectivity index (χ0n) is 6.03. The van der Waals surface area contributed by atoms with Gasteiger partial charge in [-0.1, -0.05) is 0 Å². The van der Waals surface area contributed by atoms with Crippen LogP contribution in [0.15, 0.2) is 25.6 Å². The van der Waals surface area contributed by atoms with Gasteiger partial charge in [0.25, 0.3) is 0 Å². The summed E-state index contributed by atoms with van der Waals surface area (Å²) in [5.74, 6) is 0.102. The fraction of sp³-hybridized carbons (Fsp3) is 0.143. The number of halogens is 5. The summed E-state index contributed by atoms with van der Waals surface area (Å²) >= 11 is 9.50. The van der Waals surface area contributed by atoms with E-state index in [0.29, 0.717) is 8.95 Å². The molecule has 0 bridgehead atoms. The SMILES string of the molecule is FC(F)Oc1cc(Br)c(Br)cc1Br. The van der Waals surface area contributed by atoms with Crippen LogP contribution in [-0.2, 0) is 0 Å². The molecule has 1 nitrogen and oxygen atoms in total. The normalized spacial score (nSPS) is 10.6. The van der Waals surface area contributed by atoms with Crippen molar-refractivity contribution in [2.24, 2.45) is 0 Å². The lowest BCUT2D eigenvalue weighted by atomic mass is 10.3. The van der Waals surface area contributed by atoms with E-state index in [2.05, 4.69) is 52.5 Å². The second-order valence-electron chi connectivity index (χ2n) is 2.08. The quantitative estimate of drug-likeness (QED) is 0.683. The first kappa shape index (κ1) is 11.4. The molecule has 0 radical (unpaired) electrons. The molecule has 1 aromatic rings. The fourth-order valence-corrected chi connectivity index (χ4v) is 2.10. The van der Waals surface area contributed by atoms with Gasteiger partial charge >= 0.3 is 6.61 Å². The maximum absolute atomic E-state index is 11.9. The number of ether oxygens (including phenoxy) is 1. The highest BCUT2D eigenvalue weighted by atomic mass is 79.9. The second kappa shape index (κ2) is 4.70. The van der Waals surface area contributed by atoms with Gasteiger partial charge in [-0.3, -0.25) is 0 Å². The minimum absolute atomic E-state index is 0.102. The van der Waals surface area contributed by atoms with Crippen molar-refractivity contribution in [2.45, 2.75) is 6.61 Å². The number of hydrogen-bond acceptors (Lipinski definition) is 1. The summed E-state index contributed by atoms with van der Waals surface area (Å²) in [4.78, 5) is 0. The first-order chi connectivity index (χ1) is 6.00. The van der Waals surface area contributed by atoms with Crippen LogP contribution in [0.3, 0.4) is 0 Å². The number of alkyl halides is 2. The Bertz CT molecular complexity index is 317. The minimum atomic E-state index is -2.82. The Hall–Kier alpha value is 0.320. The molecule has 0 spiro atoms. The predicted molar refractivity (Wildman–Crippen MR) is 56.2 cm³/mol. The molecule has 0 unspecified atom stereocenters. The molecule has 0 amide bonds. The summed E-state index contributed by atoms with van der Waals surface area (Å²) in [6.07, 6.45) is 0. The van der Waals surface area contributed by atoms with Crippen molar-refractivity contribution in [1.29, 1.82) is 0 Å². The van der Waals surface area contributed by atoms with E-state index in [1.54, 1.807) is 6.07 Å². The third kappa shape index (κ3) is 3.18. The molecule has 1 aromatic carbocycles. The molecule has 0 aromatic heterocycles. The topological polar surface area (TPSA) is 9.23 Å². The third-order valence-corrected chi connectivity index (χ3v) is 3.65. The molecule has 0 N–H and O–H groups in total. The lowest BCUT2D eigenvalue weighted by molar-refractivity contribution is -0.0504. The first-order valence-electron chi connectivity index (χ1n) is 3.10. The average molecular weight is 381 g/mol. The van der Waals surface area contributed by atoms with E-state index < -0.39 is 6.61 Å². The first-order valence-corrected chi connectivity index (χ1v) is 5.48. The van der Waals surface area contributed by atoms with Gasteiger partial charge in [0.2, 0.25) is 0 Å². The van der Waals surface area contributed by atoms with Gasteiger partial charge in [-0.25, -0.2) is 0 Å². The highest BCUT2D eigenvalue weighted by Gasteiger charge is 2.10. The van der Waals surface area contributed by atoms with Crippen molar-refractivity contribution in [2.75, 3.05) is 0 Å². The van der Waals surface area contributed by atoms with Gasteiger partial charge in [-0.05, 0) is 59.9 Å². The van der Waals surface area contributed by atoms with Crippen LogP contribution < -0.4 is 4.74 Å². The average Bonchev–Trinajstić information content (AvgIpc) is 1.99. The smallest absolute Gasteiger partial charge is 0.387 e. The summed E-state index contributed by atoms with van der Waals surface area (Å²) in [6.45, 7) is -2.82. The fourth-order valence-electron chi connectivity index (χ4n) is 0.691. The Morgan fingerprint density at radius 3 is 2.08 bits per heavy atom. The highest BCUT2D eigenvalue weighted by molar-refractivity contribution is 9.13. The van der Waals surface area contributed by atoms with E-state index in [9.17, 15) is 8.78 Å². The minimum Gasteiger partial charge on any atom is -0.434 e. The molecule has 0 aliphatic heterocycles. The molecule has 6 heteroatoms. The number of benzene rings is 1. The van der Waals surface area contributed by atoms with Crippen molar-refractivity contribution in [3.8, 4) is 5.75 Å². The van der Waals surface area contributed by atoms with E-state index in [-0.39, 0.29) is 5.75 Å². The monoisotopic (exact) mass is 378 g/mol. The van der Waals surface area contributed by atoms with Crippen molar-refractivity contribution in [3.63, 3.8) is 0 Å². The lowest BCUT2D eigenvalue weighted by Crippen LogP contribution is -2.02. The predicted octanol–water partition coefficient (Wildman–Crippen LogP) is 4.58. The molecule has 0 saturated heterocycles. The van der Waals surface area contributed by atoms with Gasteiger partial charge in [0.15, 0.2) is 0 Å². The third-order valence-electron chi connectivity index (χ3n) is 1.19. The molecular formula is C7H3Br3F2O. The molecular weight excluding hydrogens is 378 g/mol. The summed E-state index contributed by atoms with van der Waals surface area (Å²) in [5, 5.41) is 0. The van der Waals surface area contributed by atoms with Gasteiger partial charge in [-0.2, -0.15) is 8.78 Å². The van der Waals surface area contributed by atoms with Crippen LogP contribution in [0, 0.1) is 0 Å². The van der Waals surface area contributed by atoms with Crippen molar-refractivity contribution >= 4 is 47.8 Å². The van der Waals surface area contributed by atoms with E-state index in [4.69, 9.17) is 0 Å². The van der Waals surface area contributed by atoms with Crippen molar-refractivity contribution in [3.05, 3.63) is 25.6 Å². The van der Waals surface area contributed by atoms with Gasteiger partial charge in [0, 0.05) is 8.95 Å². The van der Waals surface area contributed by atoms with Gasteiger partial charge < -0.3 is 4.74 Å². The van der Waals surface area contributed by atoms with Crippen LogP contribution in [0.5, 0.6) is 5.75 Å². The highest BCUT2D eigenvalue weighted by Crippen LogP contribution is 2.35. The molecule has 1 rings (SSSR count). The Kier molecular flexibility index (Phi) is 4.12. The summed E-state index contributed by atoms with van der Waals surface area (Å²) in [5.41, 5.74) is 0. The molecule has 0 atom stereocenters. The second-order valence-corrected chi connectivity index (χ2v) is 4.64. The van der Waals surface area contributed by atoms with Crippen LogP contribution in [0.25, 0.3) is 0 Å². The molecule has 0 heterocycles. The zero-order chi connectivity index (χ0) is 10.0. The van der Waals surface area contributed by atoms with Crippen LogP contribution >= 0.6 is 47.8 Å². The standard InChI is InChI=1S/C7H3Br3F2O/c8-3-1-5(10)6(2-4(3)9)13-7(11)12/h1-2,7H. The van der Waals surface area contributed by atoms with Crippen LogP contribution in [-0.4, -0.2) is 6.61 Å². The number of rotatable bonds is 2. The Labute approximate surface area is 98.8 Å². The van der Waals surface area contributed by atoms with Crippen molar-refractivity contribution < 1.29 is 13.5 Å². The lowest BCUT2D eigenvalue weighted by Gasteiger charge is -2.07. The largest absolute Gasteiger partial charge is 0.434 e. The summed E-state index contributed by atoms with van der Waals surface area (Å²) in [7, 11) is 0. The van der Waals surface area contributed by atoms with Gasteiger partial charge in [0.05, 0.1) is 4.47 Å². The summed E-state index contributed by atoms with van der Waals surface area (Å²) < 4.78 is 29.9. The Balaban J connectivity index is 3.01. The van der Waals surface area contributed by atoms with Crippen LogP contribution in [0.1, 0.15) is 0 Å². The van der Waals surface area contributed by atoms with Crippen LogP contribution in [0.2, 0.25) is 0 Å². The summed E-state index contributed by atoms with van der Waals surface area (Å²) in [6, 6.07) is 3.09.